The number of aromatic nitrogens is 2. The van der Waals surface area contributed by atoms with Gasteiger partial charge in [0.2, 0.25) is 0 Å². The molecule has 0 saturated heterocycles. The van der Waals surface area contributed by atoms with Gasteiger partial charge >= 0.3 is 0 Å². The van der Waals surface area contributed by atoms with Gasteiger partial charge in [0.1, 0.15) is 11.8 Å². The minimum absolute atomic E-state index is 0.504. The SMILES string of the molecule is N#Cc1c2c(nn1-c1ccccc1)COCC2. The Morgan fingerprint density at radius 1 is 1.29 bits per heavy atom. The van der Waals surface area contributed by atoms with E-state index in [1.54, 1.807) is 4.68 Å². The van der Waals surface area contributed by atoms with Crippen LogP contribution in [0.3, 0.4) is 0 Å². The third-order valence-electron chi connectivity index (χ3n) is 2.91. The highest BCUT2D eigenvalue weighted by molar-refractivity contribution is 5.43. The quantitative estimate of drug-likeness (QED) is 0.743. The molecule has 0 unspecified atom stereocenters. The van der Waals surface area contributed by atoms with E-state index in [-0.39, 0.29) is 0 Å². The van der Waals surface area contributed by atoms with Gasteiger partial charge in [-0.1, -0.05) is 18.2 Å². The fourth-order valence-corrected chi connectivity index (χ4v) is 2.09. The summed E-state index contributed by atoms with van der Waals surface area (Å²) in [5, 5.41) is 13.7. The van der Waals surface area contributed by atoms with Gasteiger partial charge in [0.05, 0.1) is 24.6 Å². The van der Waals surface area contributed by atoms with Gasteiger partial charge < -0.3 is 4.74 Å². The lowest BCUT2D eigenvalue weighted by Gasteiger charge is -2.09. The van der Waals surface area contributed by atoms with Crippen LogP contribution in [0.2, 0.25) is 0 Å². The van der Waals surface area contributed by atoms with Crippen molar-refractivity contribution in [2.45, 2.75) is 13.0 Å². The number of nitrogens with zero attached hydrogens (tertiary/aromatic N) is 3. The van der Waals surface area contributed by atoms with Crippen LogP contribution in [0, 0.1) is 11.3 Å². The highest BCUT2D eigenvalue weighted by atomic mass is 16.5. The summed E-state index contributed by atoms with van der Waals surface area (Å²) in [4.78, 5) is 0. The largest absolute Gasteiger partial charge is 0.375 e. The van der Waals surface area contributed by atoms with E-state index in [9.17, 15) is 5.26 Å². The molecule has 1 aromatic heterocycles. The fraction of sp³-hybridized carbons (Fsp3) is 0.231. The van der Waals surface area contributed by atoms with Crippen molar-refractivity contribution in [1.29, 1.82) is 5.26 Å². The van der Waals surface area contributed by atoms with Crippen LogP contribution >= 0.6 is 0 Å². The van der Waals surface area contributed by atoms with Crippen LogP contribution in [0.15, 0.2) is 30.3 Å². The molecule has 0 saturated carbocycles. The number of hydrogen-bond donors (Lipinski definition) is 0. The molecular weight excluding hydrogens is 214 g/mol. The number of hydrogen-bond acceptors (Lipinski definition) is 3. The molecule has 0 atom stereocenters. The van der Waals surface area contributed by atoms with Crippen LogP contribution in [-0.2, 0) is 17.8 Å². The highest BCUT2D eigenvalue weighted by Crippen LogP contribution is 2.22. The zero-order chi connectivity index (χ0) is 11.7. The highest BCUT2D eigenvalue weighted by Gasteiger charge is 2.21. The predicted molar refractivity (Wildman–Crippen MR) is 61.6 cm³/mol. The molecule has 0 aliphatic carbocycles. The summed E-state index contributed by atoms with van der Waals surface area (Å²) in [6.45, 7) is 1.17. The van der Waals surface area contributed by atoms with Crippen molar-refractivity contribution >= 4 is 0 Å². The number of fused-ring (bicyclic) bond motifs is 1. The van der Waals surface area contributed by atoms with Crippen molar-refractivity contribution in [3.05, 3.63) is 47.3 Å². The Bertz CT molecular complexity index is 581. The van der Waals surface area contributed by atoms with Crippen molar-refractivity contribution in [2.24, 2.45) is 0 Å². The Morgan fingerprint density at radius 3 is 2.88 bits per heavy atom. The van der Waals surface area contributed by atoms with E-state index in [4.69, 9.17) is 4.74 Å². The molecule has 84 valence electrons. The maximum atomic E-state index is 9.27. The summed E-state index contributed by atoms with van der Waals surface area (Å²) in [5.41, 5.74) is 3.47. The number of ether oxygens (including phenoxy) is 1. The first-order valence-corrected chi connectivity index (χ1v) is 5.54. The lowest BCUT2D eigenvalue weighted by Crippen LogP contribution is -2.09. The Balaban J connectivity index is 2.18. The molecule has 0 amide bonds. The zero-order valence-corrected chi connectivity index (χ0v) is 9.26. The molecular formula is C13H11N3O. The molecule has 1 aliphatic heterocycles. The molecule has 0 fully saturated rings. The van der Waals surface area contributed by atoms with Gasteiger partial charge in [0.15, 0.2) is 0 Å². The van der Waals surface area contributed by atoms with Gasteiger partial charge in [-0.2, -0.15) is 10.4 Å². The fourth-order valence-electron chi connectivity index (χ4n) is 2.09. The van der Waals surface area contributed by atoms with Crippen LogP contribution < -0.4 is 0 Å². The minimum atomic E-state index is 0.504. The Kier molecular flexibility index (Phi) is 2.39. The molecule has 0 spiro atoms. The predicted octanol–water partition coefficient (Wildman–Crippen LogP) is 1.82. The standard InChI is InChI=1S/C13H11N3O/c14-8-13-11-6-7-17-9-12(11)15-16(13)10-4-2-1-3-5-10/h1-5H,6-7,9H2. The van der Waals surface area contributed by atoms with Gasteiger partial charge in [0.25, 0.3) is 0 Å². The summed E-state index contributed by atoms with van der Waals surface area (Å²) in [6.07, 6.45) is 0.769. The lowest BCUT2D eigenvalue weighted by atomic mass is 10.1. The molecule has 2 heterocycles. The normalized spacial score (nSPS) is 14.1. The van der Waals surface area contributed by atoms with E-state index in [1.807, 2.05) is 30.3 Å². The van der Waals surface area contributed by atoms with Gasteiger partial charge in [-0.15, -0.1) is 0 Å². The van der Waals surface area contributed by atoms with E-state index >= 15 is 0 Å². The molecule has 1 aromatic carbocycles. The summed E-state index contributed by atoms with van der Waals surface area (Å²) >= 11 is 0. The van der Waals surface area contributed by atoms with Crippen LogP contribution in [-0.4, -0.2) is 16.4 Å². The molecule has 0 N–H and O–H groups in total. The summed E-state index contributed by atoms with van der Waals surface area (Å²) in [6, 6.07) is 12.0. The van der Waals surface area contributed by atoms with E-state index in [2.05, 4.69) is 11.2 Å². The number of benzene rings is 1. The van der Waals surface area contributed by atoms with E-state index < -0.39 is 0 Å². The van der Waals surface area contributed by atoms with Crippen molar-refractivity contribution in [3.63, 3.8) is 0 Å². The molecule has 17 heavy (non-hydrogen) atoms. The Hall–Kier alpha value is -2.12. The second-order valence-corrected chi connectivity index (χ2v) is 3.94. The van der Waals surface area contributed by atoms with Crippen molar-refractivity contribution in [3.8, 4) is 11.8 Å². The molecule has 1 aliphatic rings. The third kappa shape index (κ3) is 1.61. The smallest absolute Gasteiger partial charge is 0.147 e. The second-order valence-electron chi connectivity index (χ2n) is 3.94. The molecule has 4 nitrogen and oxygen atoms in total. The maximum Gasteiger partial charge on any atom is 0.147 e. The molecule has 0 bridgehead atoms. The van der Waals surface area contributed by atoms with Crippen LogP contribution in [0.1, 0.15) is 17.0 Å². The van der Waals surface area contributed by atoms with Gasteiger partial charge in [0, 0.05) is 12.0 Å². The zero-order valence-electron chi connectivity index (χ0n) is 9.26. The molecule has 3 rings (SSSR count). The van der Waals surface area contributed by atoms with Crippen LogP contribution in [0.25, 0.3) is 5.69 Å². The van der Waals surface area contributed by atoms with Crippen molar-refractivity contribution in [1.82, 2.24) is 9.78 Å². The monoisotopic (exact) mass is 225 g/mol. The minimum Gasteiger partial charge on any atom is -0.375 e. The summed E-state index contributed by atoms with van der Waals surface area (Å²) < 4.78 is 7.07. The van der Waals surface area contributed by atoms with Crippen LogP contribution in [0.5, 0.6) is 0 Å². The lowest BCUT2D eigenvalue weighted by molar-refractivity contribution is 0.108. The summed E-state index contributed by atoms with van der Waals surface area (Å²) in [5.74, 6) is 0. The summed E-state index contributed by atoms with van der Waals surface area (Å²) in [7, 11) is 0. The number of para-hydroxylation sites is 1. The van der Waals surface area contributed by atoms with Gasteiger partial charge in [-0.3, -0.25) is 0 Å². The van der Waals surface area contributed by atoms with Gasteiger partial charge in [-0.25, -0.2) is 4.68 Å². The average Bonchev–Trinajstić information content (AvgIpc) is 2.78. The second kappa shape index (κ2) is 4.04. The molecule has 2 aromatic rings. The van der Waals surface area contributed by atoms with E-state index in [0.29, 0.717) is 18.9 Å². The third-order valence-corrected chi connectivity index (χ3v) is 2.91. The van der Waals surface area contributed by atoms with Crippen LogP contribution in [0.4, 0.5) is 0 Å². The number of nitriles is 1. The van der Waals surface area contributed by atoms with Crippen molar-refractivity contribution in [2.75, 3.05) is 6.61 Å². The van der Waals surface area contributed by atoms with Gasteiger partial charge in [-0.05, 0) is 12.1 Å². The first kappa shape index (κ1) is 10.1. The topological polar surface area (TPSA) is 50.8 Å². The Labute approximate surface area is 99.1 Å². The molecule has 4 heteroatoms. The van der Waals surface area contributed by atoms with E-state index in [1.165, 1.54) is 0 Å². The molecule has 0 radical (unpaired) electrons. The van der Waals surface area contributed by atoms with Crippen molar-refractivity contribution < 1.29 is 4.74 Å². The first-order chi connectivity index (χ1) is 8.40. The maximum absolute atomic E-state index is 9.27. The Morgan fingerprint density at radius 2 is 2.12 bits per heavy atom. The average molecular weight is 225 g/mol. The van der Waals surface area contributed by atoms with E-state index in [0.717, 1.165) is 23.4 Å². The number of rotatable bonds is 1. The first-order valence-electron chi connectivity index (χ1n) is 5.54.